The van der Waals surface area contributed by atoms with Gasteiger partial charge >= 0.3 is 0 Å². The van der Waals surface area contributed by atoms with Crippen LogP contribution in [0.25, 0.3) is 0 Å². The maximum Gasteiger partial charge on any atom is 0.151 e. The van der Waals surface area contributed by atoms with Gasteiger partial charge in [0.15, 0.2) is 5.75 Å². The lowest BCUT2D eigenvalue weighted by Gasteiger charge is -2.06. The molecule has 0 bridgehead atoms. The van der Waals surface area contributed by atoms with Gasteiger partial charge in [-0.25, -0.2) is 9.97 Å². The first-order valence-electron chi connectivity index (χ1n) is 4.68. The molecule has 2 aromatic rings. The molecule has 16 heavy (non-hydrogen) atoms. The Kier molecular flexibility index (Phi) is 3.26. The molecule has 0 fully saturated rings. The summed E-state index contributed by atoms with van der Waals surface area (Å²) in [5, 5.41) is 1.50. The molecule has 4 nitrogen and oxygen atoms in total. The highest BCUT2D eigenvalue weighted by molar-refractivity contribution is 7.99. The second-order valence-corrected chi connectivity index (χ2v) is 3.99. The normalized spacial score (nSPS) is 10.1. The van der Waals surface area contributed by atoms with E-state index in [1.54, 1.807) is 25.6 Å². The molecule has 0 atom stereocenters. The van der Waals surface area contributed by atoms with Crippen molar-refractivity contribution < 1.29 is 4.74 Å². The number of ether oxygens (including phenoxy) is 1. The van der Waals surface area contributed by atoms with E-state index in [0.717, 1.165) is 15.8 Å². The highest BCUT2D eigenvalue weighted by Crippen LogP contribution is 2.33. The van der Waals surface area contributed by atoms with E-state index in [4.69, 9.17) is 10.5 Å². The lowest BCUT2D eigenvalue weighted by molar-refractivity contribution is 0.401. The Morgan fingerprint density at radius 3 is 2.50 bits per heavy atom. The van der Waals surface area contributed by atoms with E-state index in [9.17, 15) is 0 Å². The third-order valence-corrected chi connectivity index (χ3v) is 2.98. The van der Waals surface area contributed by atoms with Crippen LogP contribution in [0.2, 0.25) is 0 Å². The van der Waals surface area contributed by atoms with Gasteiger partial charge in [0.05, 0.1) is 12.8 Å². The molecular weight excluding hydrogens is 222 g/mol. The Labute approximate surface area is 97.9 Å². The zero-order chi connectivity index (χ0) is 11.4. The fourth-order valence-corrected chi connectivity index (χ4v) is 2.04. The van der Waals surface area contributed by atoms with Crippen molar-refractivity contribution in [1.29, 1.82) is 0 Å². The molecule has 0 saturated heterocycles. The van der Waals surface area contributed by atoms with Crippen LogP contribution in [-0.2, 0) is 0 Å². The number of hydrogen-bond acceptors (Lipinski definition) is 5. The average molecular weight is 233 g/mol. The number of pyridine rings is 2. The van der Waals surface area contributed by atoms with E-state index in [1.165, 1.54) is 11.8 Å². The van der Waals surface area contributed by atoms with Crippen molar-refractivity contribution in [3.8, 4) is 5.75 Å². The molecule has 0 spiro atoms. The maximum absolute atomic E-state index is 5.81. The highest BCUT2D eigenvalue weighted by atomic mass is 32.2. The molecule has 2 rings (SSSR count). The summed E-state index contributed by atoms with van der Waals surface area (Å²) in [6.07, 6.45) is 3.41. The summed E-state index contributed by atoms with van der Waals surface area (Å²) in [6, 6.07) is 7.29. The summed E-state index contributed by atoms with van der Waals surface area (Å²) in [6.45, 7) is 0. The first-order chi connectivity index (χ1) is 7.81. The number of anilines is 1. The van der Waals surface area contributed by atoms with Gasteiger partial charge in [-0.05, 0) is 36.0 Å². The Bertz CT molecular complexity index is 490. The van der Waals surface area contributed by atoms with Crippen LogP contribution < -0.4 is 10.5 Å². The minimum Gasteiger partial charge on any atom is -0.494 e. The van der Waals surface area contributed by atoms with Gasteiger partial charge < -0.3 is 10.5 Å². The number of aromatic nitrogens is 2. The largest absolute Gasteiger partial charge is 0.494 e. The third kappa shape index (κ3) is 2.25. The van der Waals surface area contributed by atoms with Gasteiger partial charge in [-0.1, -0.05) is 0 Å². The van der Waals surface area contributed by atoms with Crippen LogP contribution >= 0.6 is 11.8 Å². The van der Waals surface area contributed by atoms with Gasteiger partial charge in [-0.3, -0.25) is 0 Å². The Morgan fingerprint density at radius 2 is 1.81 bits per heavy atom. The van der Waals surface area contributed by atoms with Gasteiger partial charge in [0.25, 0.3) is 0 Å². The second-order valence-electron chi connectivity index (χ2n) is 3.01. The van der Waals surface area contributed by atoms with Crippen LogP contribution in [-0.4, -0.2) is 17.1 Å². The Morgan fingerprint density at radius 1 is 1.12 bits per heavy atom. The molecule has 0 aliphatic rings. The summed E-state index contributed by atoms with van der Waals surface area (Å²) in [7, 11) is 1.61. The molecular formula is C11H11N3OS. The molecule has 0 amide bonds. The second kappa shape index (κ2) is 4.85. The van der Waals surface area contributed by atoms with Crippen molar-refractivity contribution >= 4 is 17.4 Å². The summed E-state index contributed by atoms with van der Waals surface area (Å²) < 4.78 is 5.21. The quantitative estimate of drug-likeness (QED) is 0.880. The number of nitrogen functional groups attached to an aromatic ring is 1. The molecule has 0 aliphatic heterocycles. The number of rotatable bonds is 3. The third-order valence-electron chi connectivity index (χ3n) is 1.95. The molecule has 0 aliphatic carbocycles. The van der Waals surface area contributed by atoms with Gasteiger partial charge in [0, 0.05) is 12.4 Å². The summed E-state index contributed by atoms with van der Waals surface area (Å²) >= 11 is 1.39. The van der Waals surface area contributed by atoms with Crippen LogP contribution in [0.15, 0.2) is 46.7 Å². The van der Waals surface area contributed by atoms with Crippen molar-refractivity contribution in [3.05, 3.63) is 36.7 Å². The highest BCUT2D eigenvalue weighted by Gasteiger charge is 2.08. The van der Waals surface area contributed by atoms with E-state index in [0.29, 0.717) is 5.69 Å². The van der Waals surface area contributed by atoms with Gasteiger partial charge in [-0.2, -0.15) is 0 Å². The molecule has 0 unspecified atom stereocenters. The first kappa shape index (κ1) is 10.8. The van der Waals surface area contributed by atoms with Crippen molar-refractivity contribution in [2.45, 2.75) is 10.1 Å². The molecule has 2 aromatic heterocycles. The van der Waals surface area contributed by atoms with Crippen molar-refractivity contribution in [3.63, 3.8) is 0 Å². The summed E-state index contributed by atoms with van der Waals surface area (Å²) in [4.78, 5) is 8.42. The van der Waals surface area contributed by atoms with E-state index < -0.39 is 0 Å². The topological polar surface area (TPSA) is 61.0 Å². The zero-order valence-electron chi connectivity index (χ0n) is 8.75. The molecule has 82 valence electrons. The van der Waals surface area contributed by atoms with Gasteiger partial charge in [0.1, 0.15) is 10.1 Å². The Hall–Kier alpha value is -1.75. The number of nitrogens with two attached hydrogens (primary N) is 1. The fraction of sp³-hybridized carbons (Fsp3) is 0.0909. The van der Waals surface area contributed by atoms with E-state index >= 15 is 0 Å². The molecule has 2 N–H and O–H groups in total. The SMILES string of the molecule is COc1cccnc1Sc1ncccc1N. The predicted molar refractivity (Wildman–Crippen MR) is 63.6 cm³/mol. The summed E-state index contributed by atoms with van der Waals surface area (Å²) in [5.41, 5.74) is 6.45. The summed E-state index contributed by atoms with van der Waals surface area (Å²) in [5.74, 6) is 0.720. The lowest BCUT2D eigenvalue weighted by atomic mass is 10.4. The number of hydrogen-bond donors (Lipinski definition) is 1. The molecule has 5 heteroatoms. The molecule has 2 heterocycles. The van der Waals surface area contributed by atoms with Crippen LogP contribution in [0.1, 0.15) is 0 Å². The van der Waals surface area contributed by atoms with E-state index in [2.05, 4.69) is 9.97 Å². The lowest BCUT2D eigenvalue weighted by Crippen LogP contribution is -1.93. The number of methoxy groups -OCH3 is 1. The smallest absolute Gasteiger partial charge is 0.151 e. The van der Waals surface area contributed by atoms with Crippen molar-refractivity contribution in [2.24, 2.45) is 0 Å². The molecule has 0 radical (unpaired) electrons. The van der Waals surface area contributed by atoms with Crippen LogP contribution in [0.4, 0.5) is 5.69 Å². The van der Waals surface area contributed by atoms with Crippen LogP contribution in [0, 0.1) is 0 Å². The number of nitrogens with zero attached hydrogens (tertiary/aromatic N) is 2. The Balaban J connectivity index is 2.30. The molecule has 0 aromatic carbocycles. The van der Waals surface area contributed by atoms with E-state index in [-0.39, 0.29) is 0 Å². The molecule has 0 saturated carbocycles. The maximum atomic E-state index is 5.81. The van der Waals surface area contributed by atoms with Crippen molar-refractivity contribution in [1.82, 2.24) is 9.97 Å². The zero-order valence-corrected chi connectivity index (χ0v) is 9.57. The van der Waals surface area contributed by atoms with Gasteiger partial charge in [-0.15, -0.1) is 0 Å². The standard InChI is InChI=1S/C11H11N3OS/c1-15-9-5-3-7-14-11(9)16-10-8(12)4-2-6-13-10/h2-7H,12H2,1H3. The fourth-order valence-electron chi connectivity index (χ4n) is 1.19. The predicted octanol–water partition coefficient (Wildman–Crippen LogP) is 2.22. The van der Waals surface area contributed by atoms with Crippen LogP contribution in [0.3, 0.4) is 0 Å². The van der Waals surface area contributed by atoms with Crippen LogP contribution in [0.5, 0.6) is 5.75 Å². The van der Waals surface area contributed by atoms with Crippen molar-refractivity contribution in [2.75, 3.05) is 12.8 Å². The minimum atomic E-state index is 0.639. The van der Waals surface area contributed by atoms with Gasteiger partial charge in [0.2, 0.25) is 0 Å². The minimum absolute atomic E-state index is 0.639. The average Bonchev–Trinajstić information content (AvgIpc) is 2.33. The monoisotopic (exact) mass is 233 g/mol. The first-order valence-corrected chi connectivity index (χ1v) is 5.50. The van der Waals surface area contributed by atoms with E-state index in [1.807, 2.05) is 18.2 Å².